The van der Waals surface area contributed by atoms with Crippen LogP contribution in [0, 0.1) is 0 Å². The average molecular weight is 293 g/mol. The molecule has 0 bridgehead atoms. The lowest BCUT2D eigenvalue weighted by molar-refractivity contribution is 0.0571. The van der Waals surface area contributed by atoms with Crippen molar-refractivity contribution in [2.45, 2.75) is 45.4 Å². The summed E-state index contributed by atoms with van der Waals surface area (Å²) in [6.07, 6.45) is 3.92. The first kappa shape index (κ1) is 15.2. The molecule has 2 N–H and O–H groups in total. The first-order valence-corrected chi connectivity index (χ1v) is 7.73. The Kier molecular flexibility index (Phi) is 4.32. The van der Waals surface area contributed by atoms with Gasteiger partial charge in [0.2, 0.25) is 0 Å². The van der Waals surface area contributed by atoms with Gasteiger partial charge in [0.05, 0.1) is 17.3 Å². The van der Waals surface area contributed by atoms with E-state index in [-0.39, 0.29) is 5.54 Å². The van der Waals surface area contributed by atoms with Gasteiger partial charge in [-0.05, 0) is 50.1 Å². The second-order valence-corrected chi connectivity index (χ2v) is 7.13. The summed E-state index contributed by atoms with van der Waals surface area (Å²) >= 11 is 1.60. The first-order valence-electron chi connectivity index (χ1n) is 6.79. The molecular formula is C15H23N3OS. The Labute approximate surface area is 124 Å². The molecular weight excluding hydrogens is 270 g/mol. The molecule has 0 saturated carbocycles. The molecule has 0 aliphatic carbocycles. The van der Waals surface area contributed by atoms with Gasteiger partial charge in [0.15, 0.2) is 0 Å². The van der Waals surface area contributed by atoms with Crippen LogP contribution in [0.15, 0.2) is 29.2 Å². The summed E-state index contributed by atoms with van der Waals surface area (Å²) < 4.78 is 1.96. The molecule has 0 saturated heterocycles. The zero-order valence-electron chi connectivity index (χ0n) is 12.6. The Morgan fingerprint density at radius 3 is 2.65 bits per heavy atom. The van der Waals surface area contributed by atoms with E-state index in [2.05, 4.69) is 31.2 Å². The lowest BCUT2D eigenvalue weighted by atomic mass is 9.99. The van der Waals surface area contributed by atoms with Crippen LogP contribution in [0.1, 0.15) is 38.8 Å². The van der Waals surface area contributed by atoms with Crippen LogP contribution in [0.25, 0.3) is 0 Å². The van der Waals surface area contributed by atoms with E-state index in [1.54, 1.807) is 11.3 Å². The second kappa shape index (κ2) is 5.68. The topological polar surface area (TPSA) is 50.1 Å². The molecule has 0 spiro atoms. The third-order valence-corrected chi connectivity index (χ3v) is 3.95. The van der Waals surface area contributed by atoms with Gasteiger partial charge in [0, 0.05) is 24.8 Å². The number of hydrogen-bond acceptors (Lipinski definition) is 4. The SMILES string of the molecule is CC(O)(CNCc1cnn(C(C)(C)C)c1)c1ccsc1. The van der Waals surface area contributed by atoms with Gasteiger partial charge in [0.1, 0.15) is 0 Å². The number of aliphatic hydroxyl groups is 1. The van der Waals surface area contributed by atoms with Crippen LogP contribution >= 0.6 is 11.3 Å². The minimum Gasteiger partial charge on any atom is -0.384 e. The molecule has 2 heterocycles. The van der Waals surface area contributed by atoms with Crippen molar-refractivity contribution in [1.29, 1.82) is 0 Å². The zero-order valence-corrected chi connectivity index (χ0v) is 13.4. The molecule has 1 atom stereocenters. The van der Waals surface area contributed by atoms with Gasteiger partial charge < -0.3 is 10.4 Å². The predicted octanol–water partition coefficient (Wildman–Crippen LogP) is 2.70. The number of nitrogens with zero attached hydrogens (tertiary/aromatic N) is 2. The number of aromatic nitrogens is 2. The van der Waals surface area contributed by atoms with Crippen LogP contribution in [-0.4, -0.2) is 21.4 Å². The molecule has 5 heteroatoms. The van der Waals surface area contributed by atoms with Crippen LogP contribution in [0.4, 0.5) is 0 Å². The first-order chi connectivity index (χ1) is 9.29. The highest BCUT2D eigenvalue weighted by Crippen LogP contribution is 2.22. The van der Waals surface area contributed by atoms with E-state index in [1.807, 2.05) is 40.8 Å². The molecule has 110 valence electrons. The van der Waals surface area contributed by atoms with Gasteiger partial charge in [-0.25, -0.2) is 0 Å². The maximum atomic E-state index is 10.4. The molecule has 2 aromatic heterocycles. The lowest BCUT2D eigenvalue weighted by Gasteiger charge is -2.22. The molecule has 0 aromatic carbocycles. The van der Waals surface area contributed by atoms with Crippen LogP contribution in [-0.2, 0) is 17.7 Å². The highest BCUT2D eigenvalue weighted by atomic mass is 32.1. The fraction of sp³-hybridized carbons (Fsp3) is 0.533. The molecule has 0 fully saturated rings. The van der Waals surface area contributed by atoms with Crippen LogP contribution < -0.4 is 5.32 Å². The van der Waals surface area contributed by atoms with Gasteiger partial charge in [-0.3, -0.25) is 4.68 Å². The summed E-state index contributed by atoms with van der Waals surface area (Å²) in [7, 11) is 0. The van der Waals surface area contributed by atoms with E-state index in [0.29, 0.717) is 13.1 Å². The van der Waals surface area contributed by atoms with Crippen LogP contribution in [0.2, 0.25) is 0 Å². The lowest BCUT2D eigenvalue weighted by Crippen LogP contribution is -2.34. The summed E-state index contributed by atoms with van der Waals surface area (Å²) in [4.78, 5) is 0. The minimum atomic E-state index is -0.833. The summed E-state index contributed by atoms with van der Waals surface area (Å²) in [5.74, 6) is 0. The molecule has 1 unspecified atom stereocenters. The van der Waals surface area contributed by atoms with Crippen molar-refractivity contribution >= 4 is 11.3 Å². The van der Waals surface area contributed by atoms with E-state index in [4.69, 9.17) is 0 Å². The highest BCUT2D eigenvalue weighted by Gasteiger charge is 2.23. The summed E-state index contributed by atoms with van der Waals surface area (Å²) in [6.45, 7) is 9.43. The molecule has 0 amide bonds. The molecule has 2 rings (SSSR count). The molecule has 4 nitrogen and oxygen atoms in total. The van der Waals surface area contributed by atoms with Crippen molar-refractivity contribution in [3.8, 4) is 0 Å². The quantitative estimate of drug-likeness (QED) is 0.891. The standard InChI is InChI=1S/C15H23N3OS/c1-14(2,3)18-9-12(8-17-18)7-16-11-15(4,19)13-5-6-20-10-13/h5-6,8-10,16,19H,7,11H2,1-4H3. The zero-order chi connectivity index (χ0) is 14.8. The van der Waals surface area contributed by atoms with E-state index >= 15 is 0 Å². The Morgan fingerprint density at radius 2 is 2.10 bits per heavy atom. The van der Waals surface area contributed by atoms with E-state index in [1.165, 1.54) is 0 Å². The molecule has 0 radical (unpaired) electrons. The predicted molar refractivity (Wildman–Crippen MR) is 82.8 cm³/mol. The Balaban J connectivity index is 1.89. The maximum absolute atomic E-state index is 10.4. The molecule has 0 aliphatic heterocycles. The van der Waals surface area contributed by atoms with Crippen molar-refractivity contribution in [3.63, 3.8) is 0 Å². The molecule has 2 aromatic rings. The van der Waals surface area contributed by atoms with Crippen molar-refractivity contribution < 1.29 is 5.11 Å². The fourth-order valence-electron chi connectivity index (χ4n) is 1.94. The van der Waals surface area contributed by atoms with Gasteiger partial charge in [0.25, 0.3) is 0 Å². The maximum Gasteiger partial charge on any atom is 0.1000 e. The average Bonchev–Trinajstić information content (AvgIpc) is 2.99. The number of nitrogens with one attached hydrogen (secondary N) is 1. The largest absolute Gasteiger partial charge is 0.384 e. The summed E-state index contributed by atoms with van der Waals surface area (Å²) in [5, 5.41) is 22.0. The monoisotopic (exact) mass is 293 g/mol. The van der Waals surface area contributed by atoms with Gasteiger partial charge in [-0.1, -0.05) is 0 Å². The third kappa shape index (κ3) is 3.69. The Morgan fingerprint density at radius 1 is 1.35 bits per heavy atom. The molecule has 20 heavy (non-hydrogen) atoms. The number of rotatable bonds is 5. The van der Waals surface area contributed by atoms with Crippen LogP contribution in [0.5, 0.6) is 0 Å². The normalized spacial score (nSPS) is 15.2. The Hall–Kier alpha value is -1.17. The highest BCUT2D eigenvalue weighted by molar-refractivity contribution is 7.08. The van der Waals surface area contributed by atoms with Gasteiger partial charge in [-0.2, -0.15) is 16.4 Å². The van der Waals surface area contributed by atoms with E-state index in [9.17, 15) is 5.11 Å². The third-order valence-electron chi connectivity index (χ3n) is 3.26. The van der Waals surface area contributed by atoms with Crippen LogP contribution in [0.3, 0.4) is 0 Å². The van der Waals surface area contributed by atoms with Crippen molar-refractivity contribution in [1.82, 2.24) is 15.1 Å². The number of thiophene rings is 1. The minimum absolute atomic E-state index is 0.000417. The summed E-state index contributed by atoms with van der Waals surface area (Å²) in [5.41, 5.74) is 1.25. The smallest absolute Gasteiger partial charge is 0.1000 e. The van der Waals surface area contributed by atoms with Crippen molar-refractivity contribution in [2.24, 2.45) is 0 Å². The Bertz CT molecular complexity index is 538. The van der Waals surface area contributed by atoms with Gasteiger partial charge >= 0.3 is 0 Å². The van der Waals surface area contributed by atoms with E-state index < -0.39 is 5.60 Å². The van der Waals surface area contributed by atoms with Crippen molar-refractivity contribution in [2.75, 3.05) is 6.54 Å². The summed E-state index contributed by atoms with van der Waals surface area (Å²) in [6, 6.07) is 1.96. The van der Waals surface area contributed by atoms with E-state index in [0.717, 1.165) is 11.1 Å². The van der Waals surface area contributed by atoms with Crippen molar-refractivity contribution in [3.05, 3.63) is 40.3 Å². The van der Waals surface area contributed by atoms with Gasteiger partial charge in [-0.15, -0.1) is 0 Å². The number of hydrogen-bond donors (Lipinski definition) is 2. The second-order valence-electron chi connectivity index (χ2n) is 6.35. The molecule has 0 aliphatic rings. The fourth-order valence-corrected chi connectivity index (χ4v) is 2.72.